The first kappa shape index (κ1) is 26.6. The smallest absolute Gasteiger partial charge is 0.253 e. The first-order valence-corrected chi connectivity index (χ1v) is 13.1. The number of benzene rings is 2. The minimum absolute atomic E-state index is 0.133. The summed E-state index contributed by atoms with van der Waals surface area (Å²) in [4.78, 5) is 24.3. The number of fused-ring (bicyclic) bond motifs is 1. The van der Waals surface area contributed by atoms with Gasteiger partial charge in [-0.2, -0.15) is 0 Å². The van der Waals surface area contributed by atoms with Crippen molar-refractivity contribution in [3.63, 3.8) is 0 Å². The zero-order chi connectivity index (χ0) is 27.7. The number of aromatic amines is 1. The van der Waals surface area contributed by atoms with Crippen molar-refractivity contribution in [3.05, 3.63) is 65.2 Å². The second kappa shape index (κ2) is 11.0. The largest absolute Gasteiger partial charge is 0.494 e. The van der Waals surface area contributed by atoms with E-state index in [-0.39, 0.29) is 16.3 Å². The number of primary amides is 1. The molecule has 204 valence electrons. The summed E-state index contributed by atoms with van der Waals surface area (Å²) in [5, 5.41) is 7.35. The van der Waals surface area contributed by atoms with Crippen LogP contribution in [0.1, 0.15) is 24.2 Å². The van der Waals surface area contributed by atoms with Crippen molar-refractivity contribution in [1.29, 1.82) is 0 Å². The van der Waals surface area contributed by atoms with E-state index >= 15 is 0 Å². The highest BCUT2D eigenvalue weighted by Crippen LogP contribution is 2.35. The number of hydrogen-bond acceptors (Lipinski definition) is 7. The molecule has 1 amide bonds. The number of carbonyl (C=O) groups excluding carboxylic acids is 1. The molecule has 5 rings (SSSR count). The van der Waals surface area contributed by atoms with Gasteiger partial charge in [0.05, 0.1) is 47.6 Å². The third kappa shape index (κ3) is 5.57. The number of pyridine rings is 1. The number of amides is 1. The molecule has 1 fully saturated rings. The number of nitrogens with two attached hydrogens (primary N) is 1. The molecule has 11 heteroatoms. The van der Waals surface area contributed by atoms with Crippen molar-refractivity contribution in [3.8, 4) is 5.75 Å². The number of ether oxygens (including phenoxy) is 1. The Kier molecular flexibility index (Phi) is 7.49. The van der Waals surface area contributed by atoms with Crippen LogP contribution in [0.3, 0.4) is 0 Å². The number of piperazine rings is 1. The number of carbonyl (C=O) groups is 1. The van der Waals surface area contributed by atoms with Gasteiger partial charge in [0.15, 0.2) is 0 Å². The first-order valence-electron chi connectivity index (χ1n) is 12.7. The third-order valence-electron chi connectivity index (χ3n) is 6.98. The van der Waals surface area contributed by atoms with E-state index in [0.717, 1.165) is 60.3 Å². The predicted molar refractivity (Wildman–Crippen MR) is 155 cm³/mol. The fraction of sp³-hybridized carbons (Fsp3) is 0.286. The minimum atomic E-state index is -0.902. The highest BCUT2D eigenvalue weighted by Gasteiger charge is 2.21. The van der Waals surface area contributed by atoms with Gasteiger partial charge in [-0.15, -0.1) is 0 Å². The average molecular weight is 552 g/mol. The van der Waals surface area contributed by atoms with Crippen LogP contribution in [0, 0.1) is 5.82 Å². The number of halogens is 2. The molecule has 0 atom stereocenters. The summed E-state index contributed by atoms with van der Waals surface area (Å²) in [7, 11) is 1.65. The first-order chi connectivity index (χ1) is 18.7. The second-order valence-corrected chi connectivity index (χ2v) is 10.2. The number of nitrogens with zero attached hydrogens (tertiary/aromatic N) is 3. The van der Waals surface area contributed by atoms with Crippen molar-refractivity contribution in [2.45, 2.75) is 19.9 Å². The molecule has 9 nitrogen and oxygen atoms in total. The molecule has 0 aliphatic carbocycles. The lowest BCUT2D eigenvalue weighted by molar-refractivity contribution is 0.0997. The number of nitrogens with one attached hydrogen (secondary N) is 3. The van der Waals surface area contributed by atoms with E-state index in [2.05, 4.69) is 50.3 Å². The topological polar surface area (TPSA) is 112 Å². The Hall–Kier alpha value is -4.02. The van der Waals surface area contributed by atoms with Crippen LogP contribution in [0.2, 0.25) is 5.02 Å². The zero-order valence-corrected chi connectivity index (χ0v) is 22.8. The summed E-state index contributed by atoms with van der Waals surface area (Å²) < 4.78 is 20.1. The third-order valence-corrected chi connectivity index (χ3v) is 7.20. The number of aromatic nitrogens is 2. The van der Waals surface area contributed by atoms with E-state index in [1.807, 2.05) is 18.2 Å². The second-order valence-electron chi connectivity index (χ2n) is 9.76. The van der Waals surface area contributed by atoms with Gasteiger partial charge in [0.1, 0.15) is 17.4 Å². The van der Waals surface area contributed by atoms with Gasteiger partial charge in [0, 0.05) is 54.4 Å². The summed E-state index contributed by atoms with van der Waals surface area (Å²) in [6, 6.07) is 11.1. The Labute approximate surface area is 231 Å². The summed E-state index contributed by atoms with van der Waals surface area (Å²) in [5.74, 6) is -0.286. The molecule has 4 aromatic rings. The van der Waals surface area contributed by atoms with E-state index in [0.29, 0.717) is 17.5 Å². The van der Waals surface area contributed by atoms with E-state index < -0.39 is 11.7 Å². The quantitative estimate of drug-likeness (QED) is 0.229. The molecule has 5 N–H and O–H groups in total. The number of anilines is 5. The van der Waals surface area contributed by atoms with Crippen molar-refractivity contribution in [2.24, 2.45) is 5.73 Å². The highest BCUT2D eigenvalue weighted by atomic mass is 35.5. The zero-order valence-electron chi connectivity index (χ0n) is 22.0. The number of H-pyrrole nitrogens is 1. The Balaban J connectivity index is 1.39. The molecule has 0 spiro atoms. The molecule has 2 aromatic heterocycles. The molecule has 1 aliphatic heterocycles. The molecule has 0 unspecified atom stereocenters. The fourth-order valence-corrected chi connectivity index (χ4v) is 5.11. The van der Waals surface area contributed by atoms with Crippen LogP contribution < -0.4 is 26.0 Å². The van der Waals surface area contributed by atoms with Crippen LogP contribution in [-0.4, -0.2) is 60.1 Å². The monoisotopic (exact) mass is 551 g/mol. The Morgan fingerprint density at radius 2 is 1.85 bits per heavy atom. The molecule has 0 radical (unpaired) electrons. The Morgan fingerprint density at radius 1 is 1.08 bits per heavy atom. The normalized spacial score (nSPS) is 14.2. The van der Waals surface area contributed by atoms with E-state index in [4.69, 9.17) is 22.1 Å². The van der Waals surface area contributed by atoms with Crippen molar-refractivity contribution < 1.29 is 13.9 Å². The average Bonchev–Trinajstić information content (AvgIpc) is 3.32. The van der Waals surface area contributed by atoms with Crippen LogP contribution >= 0.6 is 11.6 Å². The molecule has 0 saturated carbocycles. The van der Waals surface area contributed by atoms with Gasteiger partial charge in [0.2, 0.25) is 0 Å². The predicted octanol–water partition coefficient (Wildman–Crippen LogP) is 5.48. The van der Waals surface area contributed by atoms with Gasteiger partial charge in [-0.1, -0.05) is 11.6 Å². The molecular weight excluding hydrogens is 521 g/mol. The fourth-order valence-electron chi connectivity index (χ4n) is 4.91. The number of rotatable bonds is 8. The maximum absolute atomic E-state index is 14.4. The molecule has 1 saturated heterocycles. The number of hydrogen-bond donors (Lipinski definition) is 4. The highest BCUT2D eigenvalue weighted by molar-refractivity contribution is 6.31. The summed E-state index contributed by atoms with van der Waals surface area (Å²) >= 11 is 6.03. The maximum Gasteiger partial charge on any atom is 0.253 e. The van der Waals surface area contributed by atoms with Gasteiger partial charge in [-0.05, 0) is 44.2 Å². The van der Waals surface area contributed by atoms with E-state index in [1.165, 1.54) is 6.07 Å². The minimum Gasteiger partial charge on any atom is -0.494 e. The van der Waals surface area contributed by atoms with Crippen molar-refractivity contribution >= 4 is 57.0 Å². The molecule has 0 bridgehead atoms. The number of methoxy groups -OCH3 is 1. The van der Waals surface area contributed by atoms with Crippen LogP contribution in [0.25, 0.3) is 10.9 Å². The van der Waals surface area contributed by atoms with Gasteiger partial charge < -0.3 is 31.0 Å². The molecule has 1 aliphatic rings. The van der Waals surface area contributed by atoms with Crippen molar-refractivity contribution in [2.75, 3.05) is 48.8 Å². The van der Waals surface area contributed by atoms with Crippen molar-refractivity contribution in [1.82, 2.24) is 14.9 Å². The lowest BCUT2D eigenvalue weighted by Crippen LogP contribution is -2.48. The SMILES string of the molecule is COc1cc(N2CCN(C(C)C)CC2)ccc1Nc1cc2c(Nc3cc(Cl)cc(F)c3C(N)=O)cncc2[nH]1. The lowest BCUT2D eigenvalue weighted by atomic mass is 10.1. The lowest BCUT2D eigenvalue weighted by Gasteiger charge is -2.38. The van der Waals surface area contributed by atoms with Gasteiger partial charge in [-0.3, -0.25) is 14.7 Å². The van der Waals surface area contributed by atoms with E-state index in [1.54, 1.807) is 19.5 Å². The van der Waals surface area contributed by atoms with Crippen LogP contribution in [0.4, 0.5) is 33.0 Å². The van der Waals surface area contributed by atoms with Gasteiger partial charge in [0.25, 0.3) is 5.91 Å². The summed E-state index contributed by atoms with van der Waals surface area (Å²) in [5.41, 5.74) is 8.48. The summed E-state index contributed by atoms with van der Waals surface area (Å²) in [6.45, 7) is 8.45. The molecule has 2 aromatic carbocycles. The van der Waals surface area contributed by atoms with Crippen LogP contribution in [0.15, 0.2) is 48.8 Å². The van der Waals surface area contributed by atoms with Gasteiger partial charge >= 0.3 is 0 Å². The Bertz CT molecular complexity index is 1520. The van der Waals surface area contributed by atoms with Gasteiger partial charge in [-0.25, -0.2) is 4.39 Å². The standard InChI is InChI=1S/C28H31ClFN7O2/c1-16(2)36-6-8-37(9-7-36)18-4-5-21(25(12-18)39-3)34-26-13-19-23(14-32-15-24(19)35-26)33-22-11-17(29)10-20(30)27(22)28(31)38/h4-5,10-16,33-35H,6-9H2,1-3H3,(H2,31,38). The molecular formula is C28H31ClFN7O2. The molecule has 3 heterocycles. The van der Waals surface area contributed by atoms with Crippen LogP contribution in [0.5, 0.6) is 5.75 Å². The maximum atomic E-state index is 14.4. The van der Waals surface area contributed by atoms with E-state index in [9.17, 15) is 9.18 Å². The summed E-state index contributed by atoms with van der Waals surface area (Å²) in [6.07, 6.45) is 3.26. The Morgan fingerprint density at radius 3 is 2.54 bits per heavy atom. The molecule has 39 heavy (non-hydrogen) atoms. The van der Waals surface area contributed by atoms with Crippen LogP contribution in [-0.2, 0) is 0 Å².